The number of ether oxygens (including phenoxy) is 1. The predicted molar refractivity (Wildman–Crippen MR) is 81.3 cm³/mol. The minimum Gasteiger partial charge on any atom is -0.493 e. The highest BCUT2D eigenvalue weighted by atomic mass is 32.2. The number of nitriles is 1. The first-order chi connectivity index (χ1) is 9.81. The molecule has 1 aromatic heterocycles. The first-order valence-electron chi connectivity index (χ1n) is 6.36. The molecule has 2 aromatic rings. The summed E-state index contributed by atoms with van der Waals surface area (Å²) in [6.07, 6.45) is 1.32. The van der Waals surface area contributed by atoms with E-state index in [2.05, 4.69) is 22.4 Å². The van der Waals surface area contributed by atoms with Gasteiger partial charge in [0.05, 0.1) is 19.1 Å². The number of thioether (sulfide) groups is 1. The summed E-state index contributed by atoms with van der Waals surface area (Å²) in [5, 5.41) is 8.60. The minimum absolute atomic E-state index is 0.437. The van der Waals surface area contributed by atoms with Gasteiger partial charge in [0.15, 0.2) is 4.34 Å². The van der Waals surface area contributed by atoms with Crippen molar-refractivity contribution in [1.29, 1.82) is 5.26 Å². The number of aromatic nitrogens is 2. The molecule has 0 saturated heterocycles. The Morgan fingerprint density at radius 2 is 2.15 bits per heavy atom. The van der Waals surface area contributed by atoms with E-state index in [-0.39, 0.29) is 0 Å². The average molecular weight is 305 g/mol. The third-order valence-electron chi connectivity index (χ3n) is 2.55. The summed E-state index contributed by atoms with van der Waals surface area (Å²) >= 11 is 3.11. The van der Waals surface area contributed by atoms with Crippen molar-refractivity contribution in [2.75, 3.05) is 12.4 Å². The SMILES string of the molecule is CCc1nsc(SCCOc2ccc(CC#N)cc2)n1. The van der Waals surface area contributed by atoms with Gasteiger partial charge < -0.3 is 4.74 Å². The molecule has 1 aromatic carbocycles. The van der Waals surface area contributed by atoms with E-state index in [0.29, 0.717) is 13.0 Å². The van der Waals surface area contributed by atoms with E-state index < -0.39 is 0 Å². The van der Waals surface area contributed by atoms with Crippen LogP contribution < -0.4 is 4.74 Å². The van der Waals surface area contributed by atoms with Gasteiger partial charge in [-0.1, -0.05) is 30.8 Å². The topological polar surface area (TPSA) is 58.8 Å². The molecule has 0 amide bonds. The molecule has 0 fully saturated rings. The van der Waals surface area contributed by atoms with Crippen LogP contribution in [0.25, 0.3) is 0 Å². The minimum atomic E-state index is 0.437. The van der Waals surface area contributed by atoms with Crippen molar-refractivity contribution < 1.29 is 4.74 Å². The Kier molecular flexibility index (Phi) is 5.84. The highest BCUT2D eigenvalue weighted by Crippen LogP contribution is 2.20. The quantitative estimate of drug-likeness (QED) is 0.580. The summed E-state index contributed by atoms with van der Waals surface area (Å²) in [4.78, 5) is 4.39. The predicted octanol–water partition coefficient (Wildman–Crippen LogP) is 3.34. The zero-order chi connectivity index (χ0) is 14.2. The second-order valence-corrected chi connectivity index (χ2v) is 6.10. The molecule has 0 bridgehead atoms. The summed E-state index contributed by atoms with van der Waals surface area (Å²) in [6, 6.07) is 9.77. The third kappa shape index (κ3) is 4.51. The molecule has 0 aliphatic carbocycles. The van der Waals surface area contributed by atoms with Gasteiger partial charge in [-0.25, -0.2) is 4.98 Å². The van der Waals surface area contributed by atoms with Crippen LogP contribution in [0, 0.1) is 11.3 Å². The fraction of sp³-hybridized carbons (Fsp3) is 0.357. The van der Waals surface area contributed by atoms with Gasteiger partial charge >= 0.3 is 0 Å². The number of hydrogen-bond donors (Lipinski definition) is 0. The van der Waals surface area contributed by atoms with Crippen molar-refractivity contribution in [3.8, 4) is 11.8 Å². The Morgan fingerprint density at radius 3 is 2.80 bits per heavy atom. The number of aryl methyl sites for hydroxylation is 1. The Bertz CT molecular complexity index is 575. The molecule has 2 rings (SSSR count). The zero-order valence-electron chi connectivity index (χ0n) is 11.2. The lowest BCUT2D eigenvalue weighted by atomic mass is 10.2. The van der Waals surface area contributed by atoms with Crippen molar-refractivity contribution in [2.24, 2.45) is 0 Å². The summed E-state index contributed by atoms with van der Waals surface area (Å²) in [5.74, 6) is 2.59. The highest BCUT2D eigenvalue weighted by molar-refractivity contribution is 8.00. The lowest BCUT2D eigenvalue weighted by molar-refractivity contribution is 0.344. The Morgan fingerprint density at radius 1 is 1.35 bits per heavy atom. The Hall–Kier alpha value is -1.58. The fourth-order valence-electron chi connectivity index (χ4n) is 1.52. The van der Waals surface area contributed by atoms with Gasteiger partial charge in [-0.3, -0.25) is 0 Å². The molecule has 0 aliphatic heterocycles. The van der Waals surface area contributed by atoms with Crippen molar-refractivity contribution in [3.63, 3.8) is 0 Å². The molecule has 6 heteroatoms. The van der Waals surface area contributed by atoms with Crippen LogP contribution in [-0.2, 0) is 12.8 Å². The first-order valence-corrected chi connectivity index (χ1v) is 8.11. The Balaban J connectivity index is 1.71. The van der Waals surface area contributed by atoms with Crippen molar-refractivity contribution >= 4 is 23.3 Å². The summed E-state index contributed by atoms with van der Waals surface area (Å²) < 4.78 is 10.9. The number of rotatable bonds is 7. The maximum Gasteiger partial charge on any atom is 0.170 e. The monoisotopic (exact) mass is 305 g/mol. The van der Waals surface area contributed by atoms with Crippen molar-refractivity contribution in [3.05, 3.63) is 35.7 Å². The average Bonchev–Trinajstić information content (AvgIpc) is 2.94. The van der Waals surface area contributed by atoms with E-state index in [4.69, 9.17) is 10.00 Å². The van der Waals surface area contributed by atoms with Crippen molar-refractivity contribution in [2.45, 2.75) is 24.1 Å². The largest absolute Gasteiger partial charge is 0.493 e. The van der Waals surface area contributed by atoms with Crippen LogP contribution in [0.4, 0.5) is 0 Å². The third-order valence-corrected chi connectivity index (χ3v) is 4.39. The van der Waals surface area contributed by atoms with Crippen LogP contribution in [0.1, 0.15) is 18.3 Å². The number of nitrogens with zero attached hydrogens (tertiary/aromatic N) is 3. The van der Waals surface area contributed by atoms with E-state index in [1.165, 1.54) is 11.5 Å². The lowest BCUT2D eigenvalue weighted by Gasteiger charge is -2.05. The molecule has 0 spiro atoms. The summed E-state index contributed by atoms with van der Waals surface area (Å²) in [5.41, 5.74) is 1.01. The van der Waals surface area contributed by atoms with Crippen LogP contribution in [0.15, 0.2) is 28.6 Å². The molecule has 104 valence electrons. The van der Waals surface area contributed by atoms with Gasteiger partial charge in [-0.05, 0) is 29.2 Å². The second-order valence-electron chi connectivity index (χ2n) is 4.01. The van der Waals surface area contributed by atoms with E-state index in [1.807, 2.05) is 24.3 Å². The van der Waals surface area contributed by atoms with Crippen molar-refractivity contribution in [1.82, 2.24) is 9.36 Å². The van der Waals surface area contributed by atoms with Gasteiger partial charge in [-0.15, -0.1) is 0 Å². The molecule has 0 atom stereocenters. The van der Waals surface area contributed by atoms with Crippen LogP contribution in [-0.4, -0.2) is 21.7 Å². The molecule has 0 N–H and O–H groups in total. The molecule has 0 unspecified atom stereocenters. The van der Waals surface area contributed by atoms with Gasteiger partial charge in [0.25, 0.3) is 0 Å². The van der Waals surface area contributed by atoms with E-state index in [0.717, 1.165) is 33.7 Å². The van der Waals surface area contributed by atoms with Crippen LogP contribution in [0.5, 0.6) is 5.75 Å². The summed E-state index contributed by atoms with van der Waals surface area (Å²) in [6.45, 7) is 2.68. The van der Waals surface area contributed by atoms with Gasteiger partial charge in [0, 0.05) is 12.2 Å². The van der Waals surface area contributed by atoms with Gasteiger partial charge in [0.1, 0.15) is 11.6 Å². The fourth-order valence-corrected chi connectivity index (χ4v) is 3.11. The number of benzene rings is 1. The van der Waals surface area contributed by atoms with E-state index >= 15 is 0 Å². The second kappa shape index (κ2) is 7.88. The molecule has 1 heterocycles. The van der Waals surface area contributed by atoms with Crippen LogP contribution in [0.3, 0.4) is 0 Å². The van der Waals surface area contributed by atoms with Gasteiger partial charge in [-0.2, -0.15) is 9.64 Å². The maximum absolute atomic E-state index is 8.60. The maximum atomic E-state index is 8.60. The molecule has 20 heavy (non-hydrogen) atoms. The molecule has 4 nitrogen and oxygen atoms in total. The molecule has 0 aliphatic rings. The smallest absolute Gasteiger partial charge is 0.170 e. The standard InChI is InChI=1S/C14H15N3OS2/c1-2-13-16-14(20-17-13)19-10-9-18-12-5-3-11(4-6-12)7-8-15/h3-6H,2,7,9-10H2,1H3. The van der Waals surface area contributed by atoms with E-state index in [1.54, 1.807) is 11.8 Å². The highest BCUT2D eigenvalue weighted by Gasteiger charge is 2.03. The summed E-state index contributed by atoms with van der Waals surface area (Å²) in [7, 11) is 0. The van der Waals surface area contributed by atoms with E-state index in [9.17, 15) is 0 Å². The van der Waals surface area contributed by atoms with Crippen LogP contribution in [0.2, 0.25) is 0 Å². The molecular weight excluding hydrogens is 290 g/mol. The first kappa shape index (κ1) is 14.8. The normalized spacial score (nSPS) is 10.2. The lowest BCUT2D eigenvalue weighted by Crippen LogP contribution is -2.00. The van der Waals surface area contributed by atoms with Gasteiger partial charge in [0.2, 0.25) is 0 Å². The zero-order valence-corrected chi connectivity index (χ0v) is 12.8. The molecule has 0 saturated carbocycles. The molecule has 0 radical (unpaired) electrons. The van der Waals surface area contributed by atoms with Crippen LogP contribution >= 0.6 is 23.3 Å². The number of hydrogen-bond acceptors (Lipinski definition) is 6. The Labute approximate surface area is 127 Å². The molecular formula is C14H15N3OS2.